The molecule has 8 nitrogen and oxygen atoms in total. The van der Waals surface area contributed by atoms with Crippen LogP contribution in [0, 0.1) is 0 Å². The Balaban J connectivity index is 5.35. The third-order valence-electron chi connectivity index (χ3n) is 11.4. The summed E-state index contributed by atoms with van der Waals surface area (Å²) in [6, 6.07) is 0. The number of rotatable bonds is 45. The van der Waals surface area contributed by atoms with Gasteiger partial charge in [0.15, 0.2) is 17.3 Å². The molecule has 0 radical (unpaired) electrons. The molecule has 65 heavy (non-hydrogen) atoms. The van der Waals surface area contributed by atoms with E-state index in [9.17, 15) is 35.0 Å². The van der Waals surface area contributed by atoms with Gasteiger partial charge in [-0.15, -0.1) is 0 Å². The molecule has 368 valence electrons. The predicted octanol–water partition coefficient (Wildman–Crippen LogP) is 14.7. The van der Waals surface area contributed by atoms with E-state index in [1.807, 2.05) is 0 Å². The van der Waals surface area contributed by atoms with Crippen molar-refractivity contribution in [3.63, 3.8) is 0 Å². The topological polar surface area (TPSA) is 141 Å². The highest BCUT2D eigenvalue weighted by molar-refractivity contribution is 6.16. The van der Waals surface area contributed by atoms with E-state index in [2.05, 4.69) is 135 Å². The molecule has 4 N–H and O–H groups in total. The summed E-state index contributed by atoms with van der Waals surface area (Å²) in [5, 5.41) is 44.2. The van der Waals surface area contributed by atoms with Gasteiger partial charge in [-0.05, 0) is 116 Å². The number of carbonyl (C=O) groups is 3. The number of Topliss-reactive ketones (excluding diaryl/α,β-unsaturated/α-hetero) is 3. The first-order valence-electron chi connectivity index (χ1n) is 25.6. The van der Waals surface area contributed by atoms with Crippen molar-refractivity contribution in [1.82, 2.24) is 0 Å². The van der Waals surface area contributed by atoms with Crippen molar-refractivity contribution in [2.45, 2.75) is 231 Å². The summed E-state index contributed by atoms with van der Waals surface area (Å²) in [4.78, 5) is 45.7. The Hall–Kier alpha value is -3.53. The summed E-state index contributed by atoms with van der Waals surface area (Å²) in [7, 11) is 0. The van der Waals surface area contributed by atoms with Crippen LogP contribution in [0.15, 0.2) is 109 Å². The number of hydrogen-bond donors (Lipinski definition) is 4. The predicted molar refractivity (Wildman–Crippen MR) is 272 cm³/mol. The maximum absolute atomic E-state index is 13.9. The maximum atomic E-state index is 13.9. The van der Waals surface area contributed by atoms with Crippen LogP contribution >= 0.6 is 0 Å². The quantitative estimate of drug-likeness (QED) is 0.0118. The van der Waals surface area contributed by atoms with Crippen LogP contribution in [0.4, 0.5) is 0 Å². The van der Waals surface area contributed by atoms with Crippen LogP contribution in [0.5, 0.6) is 0 Å². The van der Waals surface area contributed by atoms with Crippen molar-refractivity contribution in [2.75, 3.05) is 0 Å². The average molecular weight is 905 g/mol. The Morgan fingerprint density at radius 1 is 0.385 bits per heavy atom. The fourth-order valence-electron chi connectivity index (χ4n) is 7.44. The number of ketones is 3. The van der Waals surface area contributed by atoms with Crippen LogP contribution in [0.2, 0.25) is 0 Å². The molecule has 0 fully saturated rings. The first kappa shape index (κ1) is 61.5. The molecule has 2 unspecified atom stereocenters. The van der Waals surface area contributed by atoms with E-state index in [-0.39, 0.29) is 19.3 Å². The number of carbonyl (C=O) groups excluding carboxylic acids is 3. The Kier molecular flexibility index (Phi) is 41.9. The summed E-state index contributed by atoms with van der Waals surface area (Å²) >= 11 is 0. The lowest BCUT2D eigenvalue weighted by molar-refractivity contribution is -0.379. The zero-order chi connectivity index (χ0) is 48.0. The molecule has 0 spiro atoms. The highest BCUT2D eigenvalue weighted by Gasteiger charge is 2.66. The first-order chi connectivity index (χ1) is 31.7. The zero-order valence-electron chi connectivity index (χ0n) is 41.1. The third kappa shape index (κ3) is 30.4. The van der Waals surface area contributed by atoms with Crippen molar-refractivity contribution >= 4 is 17.3 Å². The smallest absolute Gasteiger partial charge is 0.228 e. The molecule has 0 saturated carbocycles. The van der Waals surface area contributed by atoms with E-state index in [4.69, 9.17) is 0 Å². The van der Waals surface area contributed by atoms with E-state index >= 15 is 0 Å². The second-order valence-electron chi connectivity index (χ2n) is 17.0. The van der Waals surface area contributed by atoms with Crippen LogP contribution in [0.3, 0.4) is 0 Å². The summed E-state index contributed by atoms with van der Waals surface area (Å²) in [6.07, 6.45) is 58.0. The van der Waals surface area contributed by atoms with Gasteiger partial charge in [-0.2, -0.15) is 0 Å². The Morgan fingerprint density at radius 3 is 0.923 bits per heavy atom. The molecule has 8 heteroatoms. The van der Waals surface area contributed by atoms with E-state index < -0.39 is 34.8 Å². The van der Waals surface area contributed by atoms with Crippen LogP contribution in [0.1, 0.15) is 213 Å². The van der Waals surface area contributed by atoms with Gasteiger partial charge >= 0.3 is 0 Å². The van der Waals surface area contributed by atoms with Crippen molar-refractivity contribution < 1.29 is 39.8 Å². The highest BCUT2D eigenvalue weighted by atomic mass is 17.1. The Morgan fingerprint density at radius 2 is 0.631 bits per heavy atom. The third-order valence-corrected chi connectivity index (χ3v) is 11.4. The molecule has 0 aliphatic carbocycles. The van der Waals surface area contributed by atoms with Crippen molar-refractivity contribution in [3.05, 3.63) is 109 Å². The van der Waals surface area contributed by atoms with Crippen molar-refractivity contribution in [2.24, 2.45) is 0 Å². The molecule has 0 aromatic rings. The van der Waals surface area contributed by atoms with E-state index in [1.165, 1.54) is 0 Å². The number of allylic oxidation sites excluding steroid dienone is 18. The summed E-state index contributed by atoms with van der Waals surface area (Å²) < 4.78 is 0. The van der Waals surface area contributed by atoms with Gasteiger partial charge in [0.05, 0.1) is 0 Å². The standard InChI is InChI=1S/C57H92O8/c1-4-7-10-13-16-19-22-25-28-31-34-37-40-43-46-49-52(58)56(62,53(59)50-47-44-41-38-35-32-29-26-23-20-17-14-11-8-5-2)57(63,55(61)65-64)54(60)51-48-45-42-39-36-33-30-27-24-21-18-15-12-9-6-3/h7-12,16-21,25-30,55,61-64H,4-6,13-15,22-24,31-51H2,1-3H3/b10-7-,11-8-,12-9-,19-16-,20-17-,21-18-,28-25-,29-26-,30-27-. The second kappa shape index (κ2) is 44.3. The minimum atomic E-state index is -3.37. The molecule has 0 aromatic carbocycles. The molecule has 0 bridgehead atoms. The lowest BCUT2D eigenvalue weighted by atomic mass is 9.70. The van der Waals surface area contributed by atoms with E-state index in [0.29, 0.717) is 38.5 Å². The number of unbranched alkanes of at least 4 members (excludes halogenated alkanes) is 15. The zero-order valence-corrected chi connectivity index (χ0v) is 41.1. The molecule has 0 rings (SSSR count). The van der Waals surface area contributed by atoms with Gasteiger partial charge < -0.3 is 15.3 Å². The minimum Gasteiger partial charge on any atom is -0.374 e. The largest absolute Gasteiger partial charge is 0.374 e. The number of aliphatic hydroxyl groups excluding tert-OH is 1. The molecule has 2 atom stereocenters. The number of aliphatic hydroxyl groups is 3. The molecule has 0 aliphatic rings. The molecule has 0 amide bonds. The summed E-state index contributed by atoms with van der Waals surface area (Å²) in [5.74, 6) is -3.21. The minimum absolute atomic E-state index is 0.282. The normalized spacial score (nSPS) is 14.4. The first-order valence-corrected chi connectivity index (χ1v) is 25.6. The Labute approximate surface area is 396 Å². The molecule has 0 heterocycles. The van der Waals surface area contributed by atoms with E-state index in [0.717, 1.165) is 135 Å². The second-order valence-corrected chi connectivity index (χ2v) is 17.0. The van der Waals surface area contributed by atoms with Crippen LogP contribution < -0.4 is 0 Å². The Bertz CT molecular complexity index is 1400. The van der Waals surface area contributed by atoms with Crippen LogP contribution in [0.25, 0.3) is 0 Å². The number of hydrogen-bond acceptors (Lipinski definition) is 8. The lowest BCUT2D eigenvalue weighted by Crippen LogP contribution is -2.73. The van der Waals surface area contributed by atoms with Crippen LogP contribution in [-0.4, -0.2) is 55.4 Å². The SMILES string of the molecule is CC/C=C\C/C=C\C/C=C\CCCCCCCC(=O)C(O)(C(=O)CCCCCCC/C=C\C/C=C\C/C=C\CC)C(O)(C(=O)CCCCCCC/C=C\C/C=C\C/C=C\CC)C(O)OO. The van der Waals surface area contributed by atoms with Crippen molar-refractivity contribution in [1.29, 1.82) is 0 Å². The average Bonchev–Trinajstić information content (AvgIpc) is 3.31. The molecule has 0 aliphatic heterocycles. The monoisotopic (exact) mass is 905 g/mol. The van der Waals surface area contributed by atoms with Gasteiger partial charge in [-0.1, -0.05) is 188 Å². The van der Waals surface area contributed by atoms with E-state index in [1.54, 1.807) is 0 Å². The molecule has 0 aromatic heterocycles. The molecular weight excluding hydrogens is 813 g/mol. The fourth-order valence-corrected chi connectivity index (χ4v) is 7.44. The lowest BCUT2D eigenvalue weighted by Gasteiger charge is -2.41. The van der Waals surface area contributed by atoms with Gasteiger partial charge in [-0.25, -0.2) is 10.1 Å². The molecule has 0 saturated heterocycles. The van der Waals surface area contributed by atoms with Gasteiger partial charge in [0.2, 0.25) is 17.5 Å². The van der Waals surface area contributed by atoms with Crippen LogP contribution in [-0.2, 0) is 19.3 Å². The fraction of sp³-hybridized carbons (Fsp3) is 0.632. The highest BCUT2D eigenvalue weighted by Crippen LogP contribution is 2.35. The van der Waals surface area contributed by atoms with Gasteiger partial charge in [0.1, 0.15) is 0 Å². The van der Waals surface area contributed by atoms with Crippen molar-refractivity contribution in [3.8, 4) is 0 Å². The van der Waals surface area contributed by atoms with Gasteiger partial charge in [0, 0.05) is 19.3 Å². The maximum Gasteiger partial charge on any atom is 0.228 e. The summed E-state index contributed by atoms with van der Waals surface area (Å²) in [6.45, 7) is 6.36. The molecular formula is C57H92O8. The van der Waals surface area contributed by atoms with Gasteiger partial charge in [0.25, 0.3) is 0 Å². The summed E-state index contributed by atoms with van der Waals surface area (Å²) in [5.41, 5.74) is -6.65. The van der Waals surface area contributed by atoms with Gasteiger partial charge in [-0.3, -0.25) is 14.4 Å².